The van der Waals surface area contributed by atoms with Crippen molar-refractivity contribution in [3.63, 3.8) is 0 Å². The highest BCUT2D eigenvalue weighted by Gasteiger charge is 2.25. The number of ether oxygens (including phenoxy) is 2. The van der Waals surface area contributed by atoms with Crippen LogP contribution in [0.25, 0.3) is 0 Å². The van der Waals surface area contributed by atoms with Crippen molar-refractivity contribution < 1.29 is 22.7 Å². The van der Waals surface area contributed by atoms with Crippen molar-refractivity contribution in [2.75, 3.05) is 18.9 Å². The van der Waals surface area contributed by atoms with E-state index in [4.69, 9.17) is 21.1 Å². The van der Waals surface area contributed by atoms with Crippen LogP contribution in [0, 0.1) is 13.8 Å². The Morgan fingerprint density at radius 1 is 1.25 bits per heavy atom. The summed E-state index contributed by atoms with van der Waals surface area (Å²) in [6, 6.07) is 4.12. The van der Waals surface area contributed by atoms with Gasteiger partial charge in [-0.3, -0.25) is 4.72 Å². The first-order valence-corrected chi connectivity index (χ1v) is 9.43. The molecule has 1 N–H and O–H groups in total. The van der Waals surface area contributed by atoms with E-state index in [0.29, 0.717) is 11.3 Å². The maximum absolute atomic E-state index is 12.6. The molecule has 0 aliphatic heterocycles. The van der Waals surface area contributed by atoms with Crippen molar-refractivity contribution in [1.29, 1.82) is 0 Å². The molecule has 1 aromatic carbocycles. The Hall–Kier alpha value is -1.77. The number of nitrogens with one attached hydrogen (secondary N) is 1. The van der Waals surface area contributed by atoms with Crippen molar-refractivity contribution >= 4 is 43.9 Å². The number of rotatable bonds is 5. The van der Waals surface area contributed by atoms with Crippen LogP contribution in [0.15, 0.2) is 23.1 Å². The molecule has 0 amide bonds. The first-order valence-electron chi connectivity index (χ1n) is 6.76. The second kappa shape index (κ2) is 7.00. The average molecular weight is 390 g/mol. The molecule has 0 radical (unpaired) electrons. The molecule has 0 atom stereocenters. The predicted molar refractivity (Wildman–Crippen MR) is 93.9 cm³/mol. The van der Waals surface area contributed by atoms with Crippen molar-refractivity contribution in [3.05, 3.63) is 39.2 Å². The summed E-state index contributed by atoms with van der Waals surface area (Å²) in [5, 5.41) is 0.385. The Morgan fingerprint density at radius 3 is 2.46 bits per heavy atom. The molecule has 0 aliphatic rings. The molecule has 2 rings (SSSR count). The molecule has 0 fully saturated rings. The van der Waals surface area contributed by atoms with Gasteiger partial charge >= 0.3 is 5.97 Å². The van der Waals surface area contributed by atoms with Gasteiger partial charge in [-0.1, -0.05) is 11.6 Å². The number of benzene rings is 1. The monoisotopic (exact) mass is 389 g/mol. The molecular formula is C15H16ClNO5S2. The third kappa shape index (κ3) is 3.50. The van der Waals surface area contributed by atoms with Crippen LogP contribution in [-0.4, -0.2) is 28.6 Å². The zero-order valence-corrected chi connectivity index (χ0v) is 15.9. The number of esters is 1. The standard InChI is InChI=1S/C15H16ClNO5S2/c1-8-9(2)23-14(13(8)15(18)22-4)17-24(19,20)10-5-6-12(21-3)11(16)7-10/h5-7,17H,1-4H3. The number of carbonyl (C=O) groups excluding carboxylic acids is 1. The van der Waals surface area contributed by atoms with Gasteiger partial charge in [0.25, 0.3) is 10.0 Å². The SMILES string of the molecule is COC(=O)c1c(NS(=O)(=O)c2ccc(OC)c(Cl)c2)sc(C)c1C. The molecule has 1 heterocycles. The molecule has 0 spiro atoms. The first kappa shape index (κ1) is 18.6. The summed E-state index contributed by atoms with van der Waals surface area (Å²) in [4.78, 5) is 12.7. The smallest absolute Gasteiger partial charge is 0.341 e. The predicted octanol–water partition coefficient (Wildman–Crippen LogP) is 3.61. The van der Waals surface area contributed by atoms with Gasteiger partial charge in [0.15, 0.2) is 0 Å². The minimum Gasteiger partial charge on any atom is -0.495 e. The zero-order valence-electron chi connectivity index (χ0n) is 13.5. The van der Waals surface area contributed by atoms with Crippen molar-refractivity contribution in [2.24, 2.45) is 0 Å². The molecule has 9 heteroatoms. The number of aryl methyl sites for hydroxylation is 1. The number of halogens is 1. The van der Waals surface area contributed by atoms with Gasteiger partial charge in [-0.2, -0.15) is 0 Å². The van der Waals surface area contributed by atoms with Crippen LogP contribution in [0.1, 0.15) is 20.8 Å². The molecule has 0 bridgehead atoms. The highest BCUT2D eigenvalue weighted by molar-refractivity contribution is 7.93. The lowest BCUT2D eigenvalue weighted by atomic mass is 10.2. The fraction of sp³-hybridized carbons (Fsp3) is 0.267. The number of hydrogen-bond donors (Lipinski definition) is 1. The van der Waals surface area contributed by atoms with E-state index in [1.54, 1.807) is 13.8 Å². The maximum atomic E-state index is 12.6. The van der Waals surface area contributed by atoms with Gasteiger partial charge in [0, 0.05) is 4.88 Å². The van der Waals surface area contributed by atoms with Gasteiger partial charge in [0.1, 0.15) is 10.8 Å². The molecule has 1 aromatic heterocycles. The molecule has 24 heavy (non-hydrogen) atoms. The second-order valence-corrected chi connectivity index (χ2v) is 8.20. The summed E-state index contributed by atoms with van der Waals surface area (Å²) < 4.78 is 37.3. The lowest BCUT2D eigenvalue weighted by molar-refractivity contribution is 0.0601. The third-order valence-electron chi connectivity index (χ3n) is 3.44. The fourth-order valence-electron chi connectivity index (χ4n) is 2.04. The average Bonchev–Trinajstić information content (AvgIpc) is 2.80. The Kier molecular flexibility index (Phi) is 5.42. The van der Waals surface area contributed by atoms with E-state index in [9.17, 15) is 13.2 Å². The summed E-state index contributed by atoms with van der Waals surface area (Å²) in [7, 11) is -1.23. The lowest BCUT2D eigenvalue weighted by Gasteiger charge is -2.10. The molecule has 6 nitrogen and oxygen atoms in total. The molecule has 0 saturated carbocycles. The van der Waals surface area contributed by atoms with Crippen molar-refractivity contribution in [2.45, 2.75) is 18.7 Å². The molecule has 0 unspecified atom stereocenters. The zero-order chi connectivity index (χ0) is 18.1. The molecule has 130 valence electrons. The van der Waals surface area contributed by atoms with E-state index in [-0.39, 0.29) is 20.5 Å². The van der Waals surface area contributed by atoms with E-state index in [2.05, 4.69) is 4.72 Å². The van der Waals surface area contributed by atoms with Gasteiger partial charge in [-0.05, 0) is 37.6 Å². The van der Waals surface area contributed by atoms with E-state index in [1.807, 2.05) is 0 Å². The Labute approximate surface area is 149 Å². The number of thiophene rings is 1. The second-order valence-electron chi connectivity index (χ2n) is 4.88. The summed E-state index contributed by atoms with van der Waals surface area (Å²) in [5.74, 6) is -0.226. The van der Waals surface area contributed by atoms with Gasteiger partial charge in [0.05, 0.1) is 29.7 Å². The number of hydrogen-bond acceptors (Lipinski definition) is 6. The fourth-order valence-corrected chi connectivity index (χ4v) is 4.74. The van der Waals surface area contributed by atoms with E-state index in [0.717, 1.165) is 4.88 Å². The Bertz CT molecular complexity index is 890. The van der Waals surface area contributed by atoms with Crippen LogP contribution >= 0.6 is 22.9 Å². The number of anilines is 1. The normalized spacial score (nSPS) is 11.2. The minimum absolute atomic E-state index is 0.0344. The topological polar surface area (TPSA) is 81.7 Å². The van der Waals surface area contributed by atoms with Gasteiger partial charge in [-0.15, -0.1) is 11.3 Å². The van der Waals surface area contributed by atoms with Crippen LogP contribution in [0.3, 0.4) is 0 Å². The summed E-state index contributed by atoms with van der Waals surface area (Å²) in [6.07, 6.45) is 0. The third-order valence-corrected chi connectivity index (χ3v) is 6.33. The first-order chi connectivity index (χ1) is 11.2. The number of carbonyl (C=O) groups is 1. The molecular weight excluding hydrogens is 374 g/mol. The highest BCUT2D eigenvalue weighted by Crippen LogP contribution is 2.35. The van der Waals surface area contributed by atoms with Crippen LogP contribution in [0.2, 0.25) is 5.02 Å². The Balaban J connectivity index is 2.45. The molecule has 2 aromatic rings. The van der Waals surface area contributed by atoms with Crippen LogP contribution in [0.4, 0.5) is 5.00 Å². The maximum Gasteiger partial charge on any atom is 0.341 e. The van der Waals surface area contributed by atoms with Gasteiger partial charge in [-0.25, -0.2) is 13.2 Å². The van der Waals surface area contributed by atoms with Crippen LogP contribution in [-0.2, 0) is 14.8 Å². The quantitative estimate of drug-likeness (QED) is 0.790. The van der Waals surface area contributed by atoms with Crippen LogP contribution in [0.5, 0.6) is 5.75 Å². The molecule has 0 aliphatic carbocycles. The van der Waals surface area contributed by atoms with Gasteiger partial charge < -0.3 is 9.47 Å². The number of sulfonamides is 1. The van der Waals surface area contributed by atoms with E-state index in [1.165, 1.54) is 43.8 Å². The van der Waals surface area contributed by atoms with Crippen molar-refractivity contribution in [1.82, 2.24) is 0 Å². The van der Waals surface area contributed by atoms with Gasteiger partial charge in [0.2, 0.25) is 0 Å². The van der Waals surface area contributed by atoms with Crippen molar-refractivity contribution in [3.8, 4) is 5.75 Å². The minimum atomic E-state index is -3.92. The largest absolute Gasteiger partial charge is 0.495 e. The number of methoxy groups -OCH3 is 2. The molecule has 0 saturated heterocycles. The lowest BCUT2D eigenvalue weighted by Crippen LogP contribution is -2.15. The highest BCUT2D eigenvalue weighted by atomic mass is 35.5. The summed E-state index contributed by atoms with van der Waals surface area (Å²) in [5.41, 5.74) is 0.889. The summed E-state index contributed by atoms with van der Waals surface area (Å²) >= 11 is 7.15. The van der Waals surface area contributed by atoms with Crippen LogP contribution < -0.4 is 9.46 Å². The summed E-state index contributed by atoms with van der Waals surface area (Å²) in [6.45, 7) is 3.54. The Morgan fingerprint density at radius 2 is 1.92 bits per heavy atom. The van der Waals surface area contributed by atoms with E-state index < -0.39 is 16.0 Å². The van der Waals surface area contributed by atoms with E-state index >= 15 is 0 Å².